The van der Waals surface area contributed by atoms with Crippen LogP contribution in [0.25, 0.3) is 0 Å². The normalized spacial score (nSPS) is 33.5. The van der Waals surface area contributed by atoms with E-state index >= 15 is 0 Å². The fourth-order valence-corrected chi connectivity index (χ4v) is 1.73. The number of hydrogen-bond acceptors (Lipinski definition) is 3. The van der Waals surface area contributed by atoms with Crippen LogP contribution in [0.5, 0.6) is 0 Å². The van der Waals surface area contributed by atoms with E-state index in [9.17, 15) is 5.11 Å². The Kier molecular flexibility index (Phi) is 2.06. The summed E-state index contributed by atoms with van der Waals surface area (Å²) in [5, 5.41) is 10.3. The Bertz CT molecular complexity index is 288. The highest BCUT2D eigenvalue weighted by atomic mass is 16.5. The highest BCUT2D eigenvalue weighted by Gasteiger charge is 2.41. The van der Waals surface area contributed by atoms with Crippen LogP contribution in [0.4, 0.5) is 0 Å². The van der Waals surface area contributed by atoms with Gasteiger partial charge in [0, 0.05) is 24.4 Å². The van der Waals surface area contributed by atoms with Crippen LogP contribution in [0.2, 0.25) is 0 Å². The van der Waals surface area contributed by atoms with Crippen molar-refractivity contribution in [3.8, 4) is 0 Å². The second-order valence-corrected chi connectivity index (χ2v) is 3.43. The van der Waals surface area contributed by atoms with Crippen LogP contribution >= 0.6 is 0 Å². The Hall–Kier alpha value is -0.930. The molecule has 2 atom stereocenters. The van der Waals surface area contributed by atoms with Crippen LogP contribution in [0.1, 0.15) is 18.9 Å². The number of pyridine rings is 1. The van der Waals surface area contributed by atoms with Gasteiger partial charge in [-0.15, -0.1) is 0 Å². The summed E-state index contributed by atoms with van der Waals surface area (Å²) in [6.45, 7) is 2.51. The minimum atomic E-state index is -0.839. The van der Waals surface area contributed by atoms with E-state index in [1.807, 2.05) is 19.1 Å². The van der Waals surface area contributed by atoms with Crippen molar-refractivity contribution in [1.82, 2.24) is 4.98 Å². The third-order valence-electron chi connectivity index (χ3n) is 2.69. The molecule has 1 aliphatic rings. The number of aliphatic hydroxyl groups is 1. The lowest BCUT2D eigenvalue weighted by Crippen LogP contribution is -2.33. The summed E-state index contributed by atoms with van der Waals surface area (Å²) in [6, 6.07) is 3.72. The summed E-state index contributed by atoms with van der Waals surface area (Å²) in [5.41, 5.74) is 0.00819. The Balaban J connectivity index is 2.34. The van der Waals surface area contributed by atoms with Gasteiger partial charge in [0.25, 0.3) is 0 Å². The van der Waals surface area contributed by atoms with Crippen molar-refractivity contribution < 1.29 is 9.84 Å². The molecular weight excluding hydrogens is 166 g/mol. The van der Waals surface area contributed by atoms with Gasteiger partial charge in [0.1, 0.15) is 5.60 Å². The number of nitrogens with zero attached hydrogens (tertiary/aromatic N) is 1. The average Bonchev–Trinajstić information content (AvgIpc) is 2.50. The highest BCUT2D eigenvalue weighted by molar-refractivity contribution is 5.20. The van der Waals surface area contributed by atoms with E-state index in [-0.39, 0.29) is 6.10 Å². The molecule has 1 saturated heterocycles. The second kappa shape index (κ2) is 3.09. The maximum absolute atomic E-state index is 10.3. The molecule has 2 heterocycles. The van der Waals surface area contributed by atoms with Crippen LogP contribution in [-0.2, 0) is 10.3 Å². The van der Waals surface area contributed by atoms with Crippen molar-refractivity contribution in [3.63, 3.8) is 0 Å². The van der Waals surface area contributed by atoms with Crippen LogP contribution in [0.15, 0.2) is 24.5 Å². The van der Waals surface area contributed by atoms with Crippen molar-refractivity contribution in [1.29, 1.82) is 0 Å². The maximum Gasteiger partial charge on any atom is 0.119 e. The van der Waals surface area contributed by atoms with Crippen molar-refractivity contribution >= 4 is 0 Å². The van der Waals surface area contributed by atoms with Crippen LogP contribution in [0.3, 0.4) is 0 Å². The summed E-state index contributed by atoms with van der Waals surface area (Å²) < 4.78 is 5.35. The molecule has 0 aliphatic carbocycles. The Labute approximate surface area is 77.4 Å². The minimum Gasteiger partial charge on any atom is -0.382 e. The maximum atomic E-state index is 10.3. The molecule has 70 valence electrons. The minimum absolute atomic E-state index is 0.142. The molecule has 0 bridgehead atoms. The van der Waals surface area contributed by atoms with Crippen LogP contribution in [0, 0.1) is 0 Å². The fraction of sp³-hybridized carbons (Fsp3) is 0.500. The Morgan fingerprint density at radius 3 is 3.08 bits per heavy atom. The smallest absolute Gasteiger partial charge is 0.119 e. The molecule has 1 fully saturated rings. The van der Waals surface area contributed by atoms with E-state index in [1.165, 1.54) is 0 Å². The molecule has 2 unspecified atom stereocenters. The van der Waals surface area contributed by atoms with Gasteiger partial charge in [0.2, 0.25) is 0 Å². The van der Waals surface area contributed by atoms with E-state index < -0.39 is 5.60 Å². The van der Waals surface area contributed by atoms with E-state index in [0.717, 1.165) is 5.56 Å². The van der Waals surface area contributed by atoms with Gasteiger partial charge < -0.3 is 9.84 Å². The topological polar surface area (TPSA) is 42.4 Å². The molecule has 2 rings (SSSR count). The standard InChI is InChI=1S/C10H13NO2/c1-8-10(12,4-6-13-8)9-3-2-5-11-7-9/h2-3,5,7-8,12H,4,6H2,1H3. The molecule has 1 aromatic rings. The third-order valence-corrected chi connectivity index (χ3v) is 2.69. The fourth-order valence-electron chi connectivity index (χ4n) is 1.73. The van der Waals surface area contributed by atoms with Crippen LogP contribution < -0.4 is 0 Å². The molecule has 1 aromatic heterocycles. The van der Waals surface area contributed by atoms with Gasteiger partial charge in [-0.1, -0.05) is 6.07 Å². The molecule has 0 saturated carbocycles. The quantitative estimate of drug-likeness (QED) is 0.701. The average molecular weight is 179 g/mol. The van der Waals surface area contributed by atoms with E-state index in [4.69, 9.17) is 4.74 Å². The molecule has 1 N–H and O–H groups in total. The molecule has 1 aliphatic heterocycles. The van der Waals surface area contributed by atoms with Gasteiger partial charge in [-0.3, -0.25) is 4.98 Å². The number of aromatic nitrogens is 1. The first-order chi connectivity index (χ1) is 6.23. The summed E-state index contributed by atoms with van der Waals surface area (Å²) in [4.78, 5) is 3.99. The Morgan fingerprint density at radius 1 is 1.69 bits per heavy atom. The zero-order chi connectivity index (χ0) is 9.31. The van der Waals surface area contributed by atoms with E-state index in [2.05, 4.69) is 4.98 Å². The first-order valence-corrected chi connectivity index (χ1v) is 4.48. The molecule has 0 radical (unpaired) electrons. The van der Waals surface area contributed by atoms with Crippen molar-refractivity contribution in [3.05, 3.63) is 30.1 Å². The molecular formula is C10H13NO2. The number of hydrogen-bond donors (Lipinski definition) is 1. The predicted octanol–water partition coefficient (Wildman–Crippen LogP) is 1.08. The van der Waals surface area contributed by atoms with Crippen molar-refractivity contribution in [2.24, 2.45) is 0 Å². The molecule has 3 heteroatoms. The summed E-state index contributed by atoms with van der Waals surface area (Å²) in [7, 11) is 0. The summed E-state index contributed by atoms with van der Waals surface area (Å²) >= 11 is 0. The second-order valence-electron chi connectivity index (χ2n) is 3.43. The summed E-state index contributed by atoms with van der Waals surface area (Å²) in [5.74, 6) is 0. The van der Waals surface area contributed by atoms with Gasteiger partial charge in [-0.25, -0.2) is 0 Å². The number of ether oxygens (including phenoxy) is 1. The molecule has 0 spiro atoms. The van der Waals surface area contributed by atoms with Crippen molar-refractivity contribution in [2.45, 2.75) is 25.0 Å². The zero-order valence-electron chi connectivity index (χ0n) is 7.60. The zero-order valence-corrected chi connectivity index (χ0v) is 7.60. The first kappa shape index (κ1) is 8.66. The molecule has 13 heavy (non-hydrogen) atoms. The molecule has 0 amide bonds. The highest BCUT2D eigenvalue weighted by Crippen LogP contribution is 2.34. The lowest BCUT2D eigenvalue weighted by atomic mass is 9.89. The van der Waals surface area contributed by atoms with Gasteiger partial charge >= 0.3 is 0 Å². The molecule has 0 aromatic carbocycles. The lowest BCUT2D eigenvalue weighted by Gasteiger charge is -2.25. The SMILES string of the molecule is CC1OCCC1(O)c1cccnc1. The largest absolute Gasteiger partial charge is 0.382 e. The van der Waals surface area contributed by atoms with Gasteiger partial charge in [-0.05, 0) is 13.0 Å². The predicted molar refractivity (Wildman–Crippen MR) is 48.2 cm³/mol. The third kappa shape index (κ3) is 1.34. The van der Waals surface area contributed by atoms with E-state index in [1.54, 1.807) is 12.4 Å². The van der Waals surface area contributed by atoms with E-state index in [0.29, 0.717) is 13.0 Å². The van der Waals surface area contributed by atoms with Crippen molar-refractivity contribution in [2.75, 3.05) is 6.61 Å². The monoisotopic (exact) mass is 179 g/mol. The van der Waals surface area contributed by atoms with Gasteiger partial charge in [-0.2, -0.15) is 0 Å². The van der Waals surface area contributed by atoms with Gasteiger partial charge in [0.15, 0.2) is 0 Å². The Morgan fingerprint density at radius 2 is 2.54 bits per heavy atom. The first-order valence-electron chi connectivity index (χ1n) is 4.48. The van der Waals surface area contributed by atoms with Crippen LogP contribution in [-0.4, -0.2) is 22.8 Å². The number of rotatable bonds is 1. The lowest BCUT2D eigenvalue weighted by molar-refractivity contribution is -0.0319. The summed E-state index contributed by atoms with van der Waals surface area (Å²) in [6.07, 6.45) is 3.91. The van der Waals surface area contributed by atoms with Gasteiger partial charge in [0.05, 0.1) is 12.7 Å². The molecule has 3 nitrogen and oxygen atoms in total.